The number of rotatable bonds is 24. The molecule has 1 atom stereocenters. The first-order chi connectivity index (χ1) is 14.6. The van der Waals surface area contributed by atoms with E-state index in [-0.39, 0.29) is 11.0 Å². The van der Waals surface area contributed by atoms with E-state index in [1.165, 1.54) is 148 Å². The Balaban J connectivity index is 0. The van der Waals surface area contributed by atoms with Crippen LogP contribution in [-0.2, 0) is 0 Å². The summed E-state index contributed by atoms with van der Waals surface area (Å²) < 4.78 is 0. The van der Waals surface area contributed by atoms with E-state index in [1.807, 2.05) is 0 Å². The maximum Gasteiger partial charge on any atom is 0.0475 e. The van der Waals surface area contributed by atoms with Gasteiger partial charge in [0, 0.05) is 4.87 Å². The van der Waals surface area contributed by atoms with Crippen molar-refractivity contribution < 1.29 is 0 Å². The molecule has 0 aliphatic carbocycles. The van der Waals surface area contributed by atoms with Crippen molar-refractivity contribution in [2.24, 2.45) is 5.92 Å². The van der Waals surface area contributed by atoms with Crippen LogP contribution in [0.1, 0.15) is 175 Å². The number of alkyl halides is 1. The molecule has 0 radical (unpaired) electrons. The Morgan fingerprint density at radius 3 is 1.19 bits per heavy atom. The highest BCUT2D eigenvalue weighted by molar-refractivity contribution is 6.24. The van der Waals surface area contributed by atoms with Crippen LogP contribution >= 0.6 is 11.6 Å². The molecule has 0 saturated carbocycles. The Morgan fingerprint density at radius 2 is 0.806 bits per heavy atom. The summed E-state index contributed by atoms with van der Waals surface area (Å²) in [6.45, 7) is 9.29. The zero-order chi connectivity index (χ0) is 22.3. The minimum absolute atomic E-state index is 0. The first-order valence-electron chi connectivity index (χ1n) is 14.3. The van der Waals surface area contributed by atoms with Gasteiger partial charge >= 0.3 is 0 Å². The fourth-order valence-electron chi connectivity index (χ4n) is 5.11. The molecule has 0 rings (SSSR count). The molecule has 0 bridgehead atoms. The van der Waals surface area contributed by atoms with Crippen molar-refractivity contribution in [1.82, 2.24) is 6.15 Å². The highest BCUT2D eigenvalue weighted by Crippen LogP contribution is 2.42. The van der Waals surface area contributed by atoms with Gasteiger partial charge in [0.1, 0.15) is 0 Å². The summed E-state index contributed by atoms with van der Waals surface area (Å²) in [5, 5.41) is 0. The van der Waals surface area contributed by atoms with Crippen LogP contribution in [0.4, 0.5) is 0 Å². The molecule has 1 nitrogen and oxygen atoms in total. The van der Waals surface area contributed by atoms with Gasteiger partial charge < -0.3 is 6.15 Å². The molecule has 0 aromatic rings. The number of hydrogen-bond acceptors (Lipinski definition) is 1. The van der Waals surface area contributed by atoms with Crippen LogP contribution in [0.15, 0.2) is 0 Å². The van der Waals surface area contributed by atoms with E-state index in [0.29, 0.717) is 0 Å². The third-order valence-electron chi connectivity index (χ3n) is 7.17. The van der Waals surface area contributed by atoms with Crippen LogP contribution in [0.2, 0.25) is 0 Å². The molecule has 0 aromatic carbocycles. The highest BCUT2D eigenvalue weighted by atomic mass is 35.5. The van der Waals surface area contributed by atoms with E-state index < -0.39 is 0 Å². The van der Waals surface area contributed by atoms with Gasteiger partial charge in [-0.2, -0.15) is 0 Å². The molecule has 0 amide bonds. The van der Waals surface area contributed by atoms with Gasteiger partial charge in [-0.15, -0.1) is 11.6 Å². The molecule has 1 unspecified atom stereocenters. The van der Waals surface area contributed by atoms with E-state index in [4.69, 9.17) is 11.6 Å². The van der Waals surface area contributed by atoms with Crippen LogP contribution in [-0.4, -0.2) is 4.87 Å². The Hall–Kier alpha value is 0.250. The molecule has 0 spiro atoms. The second-order valence-electron chi connectivity index (χ2n) is 10.1. The molecule has 190 valence electrons. The Bertz CT molecular complexity index is 315. The summed E-state index contributed by atoms with van der Waals surface area (Å²) in [4.78, 5) is 0.0783. The lowest BCUT2D eigenvalue weighted by Crippen LogP contribution is -2.32. The Labute approximate surface area is 203 Å². The number of unbranched alkanes of at least 4 members (excludes halogenated alkanes) is 15. The topological polar surface area (TPSA) is 35.0 Å². The molecule has 0 heterocycles. The van der Waals surface area contributed by atoms with E-state index in [9.17, 15) is 0 Å². The lowest BCUT2D eigenvalue weighted by molar-refractivity contribution is 0.268. The molecule has 0 saturated heterocycles. The van der Waals surface area contributed by atoms with Gasteiger partial charge in [-0.3, -0.25) is 0 Å². The molecule has 0 aliphatic heterocycles. The van der Waals surface area contributed by atoms with Crippen molar-refractivity contribution in [3.05, 3.63) is 0 Å². The summed E-state index contributed by atoms with van der Waals surface area (Å²) in [6, 6.07) is 0. The average Bonchev–Trinajstić information content (AvgIpc) is 2.74. The van der Waals surface area contributed by atoms with Crippen molar-refractivity contribution in [3.63, 3.8) is 0 Å². The van der Waals surface area contributed by atoms with Gasteiger partial charge in [0.05, 0.1) is 0 Å². The van der Waals surface area contributed by atoms with Crippen molar-refractivity contribution in [1.29, 1.82) is 0 Å². The van der Waals surface area contributed by atoms with Gasteiger partial charge in [0.15, 0.2) is 0 Å². The summed E-state index contributed by atoms with van der Waals surface area (Å²) in [5.74, 6) is 0.738. The molecule has 0 aromatic heterocycles. The monoisotopic (exact) mass is 459 g/mol. The summed E-state index contributed by atoms with van der Waals surface area (Å²) in [5.41, 5.74) is 0. The molecule has 3 N–H and O–H groups in total. The summed E-state index contributed by atoms with van der Waals surface area (Å²) in [6.07, 6.45) is 31.6. The summed E-state index contributed by atoms with van der Waals surface area (Å²) in [7, 11) is 0. The first-order valence-corrected chi connectivity index (χ1v) is 14.7. The van der Waals surface area contributed by atoms with Gasteiger partial charge in [-0.25, -0.2) is 0 Å². The smallest absolute Gasteiger partial charge is 0.0475 e. The predicted molar refractivity (Wildman–Crippen MR) is 146 cm³/mol. The second-order valence-corrected chi connectivity index (χ2v) is 10.9. The lowest BCUT2D eigenvalue weighted by atomic mass is 9.77. The third kappa shape index (κ3) is 19.4. The Kier molecular flexibility index (Phi) is 26.8. The maximum absolute atomic E-state index is 7.53. The minimum atomic E-state index is 0. The Morgan fingerprint density at radius 1 is 0.452 bits per heavy atom. The van der Waals surface area contributed by atoms with Gasteiger partial charge in [0.25, 0.3) is 0 Å². The van der Waals surface area contributed by atoms with E-state index in [1.54, 1.807) is 0 Å². The van der Waals surface area contributed by atoms with E-state index >= 15 is 0 Å². The van der Waals surface area contributed by atoms with Crippen molar-refractivity contribution in [2.75, 3.05) is 0 Å². The fourth-order valence-corrected chi connectivity index (χ4v) is 5.60. The maximum atomic E-state index is 7.53. The quantitative estimate of drug-likeness (QED) is 0.113. The zero-order valence-corrected chi connectivity index (χ0v) is 23.2. The molecular weight excluding hydrogens is 398 g/mol. The molecule has 0 fully saturated rings. The van der Waals surface area contributed by atoms with Gasteiger partial charge in [-0.1, -0.05) is 150 Å². The fraction of sp³-hybridized carbons (Fsp3) is 1.00. The van der Waals surface area contributed by atoms with Crippen LogP contribution in [0, 0.1) is 5.92 Å². The highest BCUT2D eigenvalue weighted by Gasteiger charge is 2.34. The van der Waals surface area contributed by atoms with Crippen LogP contribution in [0.25, 0.3) is 0 Å². The number of hydrogen-bond donors (Lipinski definition) is 1. The normalized spacial score (nSPS) is 12.7. The van der Waals surface area contributed by atoms with Crippen LogP contribution in [0.3, 0.4) is 0 Å². The largest absolute Gasteiger partial charge is 0.344 e. The zero-order valence-electron chi connectivity index (χ0n) is 22.4. The minimum Gasteiger partial charge on any atom is -0.344 e. The molecule has 2 heteroatoms. The van der Waals surface area contributed by atoms with Crippen molar-refractivity contribution >= 4 is 11.6 Å². The van der Waals surface area contributed by atoms with E-state index in [2.05, 4.69) is 27.7 Å². The lowest BCUT2D eigenvalue weighted by Gasteiger charge is -2.36. The molecule has 31 heavy (non-hydrogen) atoms. The average molecular weight is 460 g/mol. The molecule has 0 aliphatic rings. The third-order valence-corrected chi connectivity index (χ3v) is 7.85. The van der Waals surface area contributed by atoms with Gasteiger partial charge in [-0.05, 0) is 31.6 Å². The summed E-state index contributed by atoms with van der Waals surface area (Å²) >= 11 is 7.53. The number of halogens is 1. The van der Waals surface area contributed by atoms with Gasteiger partial charge in [0.2, 0.25) is 0 Å². The van der Waals surface area contributed by atoms with Crippen LogP contribution < -0.4 is 6.15 Å². The van der Waals surface area contributed by atoms with Crippen molar-refractivity contribution in [3.8, 4) is 0 Å². The molecular formula is C29H62ClN. The van der Waals surface area contributed by atoms with E-state index in [0.717, 1.165) is 5.92 Å². The predicted octanol–water partition coefficient (Wildman–Crippen LogP) is 11.8. The standard InChI is InChI=1S/C29H59Cl.H3N/c1-5-9-12-15-18-21-25-28(24-8-4)29(30,26-22-19-16-13-10-6-2)27-23-20-17-14-11-7-3;/h28H,5-27H2,1-4H3;1H3. The van der Waals surface area contributed by atoms with Crippen LogP contribution in [0.5, 0.6) is 0 Å². The second kappa shape index (κ2) is 24.9. The first kappa shape index (κ1) is 33.4. The SMILES string of the molecule is CCCCCCCCC(CCC)C(Cl)(CCCCCCCC)CCCCCCCC.N. The van der Waals surface area contributed by atoms with Crippen molar-refractivity contribution in [2.45, 2.75) is 180 Å².